The number of carboxylic acid groups (broad SMARTS) is 1. The van der Waals surface area contributed by atoms with E-state index in [1.165, 1.54) is 11.4 Å². The summed E-state index contributed by atoms with van der Waals surface area (Å²) in [5, 5.41) is 10.1. The Balaban J connectivity index is 1.97. The molecule has 1 heterocycles. The van der Waals surface area contributed by atoms with Crippen LogP contribution >= 0.6 is 11.3 Å². The van der Waals surface area contributed by atoms with E-state index < -0.39 is 16.0 Å². The van der Waals surface area contributed by atoms with Crippen LogP contribution in [0.15, 0.2) is 16.3 Å². The fourth-order valence-electron chi connectivity index (χ4n) is 1.89. The van der Waals surface area contributed by atoms with Gasteiger partial charge in [-0.1, -0.05) is 0 Å². The lowest BCUT2D eigenvalue weighted by Crippen LogP contribution is -2.47. The Morgan fingerprint density at radius 1 is 1.58 bits per heavy atom. The summed E-state index contributed by atoms with van der Waals surface area (Å²) >= 11 is 0.902. The van der Waals surface area contributed by atoms with Gasteiger partial charge in [0.25, 0.3) is 0 Å². The van der Waals surface area contributed by atoms with E-state index in [1.807, 2.05) is 6.92 Å². The first-order valence-corrected chi connectivity index (χ1v) is 8.24. The normalized spacial score (nSPS) is 23.0. The highest BCUT2D eigenvalue weighted by molar-refractivity contribution is 7.89. The fraction of sp³-hybridized carbons (Fsp3) is 0.545. The molecular weight excluding hydrogens is 290 g/mol. The molecule has 0 spiro atoms. The largest absolute Gasteiger partial charge is 0.477 e. The summed E-state index contributed by atoms with van der Waals surface area (Å²) in [7, 11) is -3.63. The number of ether oxygens (including phenoxy) is 1. The Kier molecular flexibility index (Phi) is 4.24. The van der Waals surface area contributed by atoms with Crippen molar-refractivity contribution in [1.82, 2.24) is 4.72 Å². The average molecular weight is 305 g/mol. The minimum absolute atomic E-state index is 0.00904. The molecule has 2 N–H and O–H groups in total. The van der Waals surface area contributed by atoms with Gasteiger partial charge in [-0.2, -0.15) is 0 Å². The molecule has 2 rings (SSSR count). The minimum Gasteiger partial charge on any atom is -0.477 e. The first-order chi connectivity index (χ1) is 8.92. The summed E-state index contributed by atoms with van der Waals surface area (Å²) in [6.45, 7) is 2.52. The second kappa shape index (κ2) is 5.58. The zero-order valence-electron chi connectivity index (χ0n) is 10.3. The van der Waals surface area contributed by atoms with Crippen molar-refractivity contribution in [3.05, 3.63) is 16.3 Å². The third kappa shape index (κ3) is 3.33. The molecule has 106 valence electrons. The van der Waals surface area contributed by atoms with Gasteiger partial charge in [-0.3, -0.25) is 0 Å². The van der Waals surface area contributed by atoms with Crippen LogP contribution in [0.2, 0.25) is 0 Å². The van der Waals surface area contributed by atoms with Crippen molar-refractivity contribution in [3.63, 3.8) is 0 Å². The maximum atomic E-state index is 12.0. The molecule has 1 saturated carbocycles. The van der Waals surface area contributed by atoms with Crippen molar-refractivity contribution in [1.29, 1.82) is 0 Å². The van der Waals surface area contributed by atoms with Gasteiger partial charge in [-0.15, -0.1) is 11.3 Å². The van der Waals surface area contributed by atoms with Crippen LogP contribution in [-0.2, 0) is 14.8 Å². The minimum atomic E-state index is -3.63. The smallest absolute Gasteiger partial charge is 0.345 e. The molecule has 0 amide bonds. The SMILES string of the molecule is CCOC1CC(NS(=O)(=O)c2csc(C(=O)O)c2)C1. The van der Waals surface area contributed by atoms with E-state index in [0.717, 1.165) is 11.3 Å². The first kappa shape index (κ1) is 14.4. The molecule has 0 aromatic carbocycles. The number of hydrogen-bond donors (Lipinski definition) is 2. The van der Waals surface area contributed by atoms with Crippen molar-refractivity contribution in [2.45, 2.75) is 36.8 Å². The second-order valence-corrected chi connectivity index (χ2v) is 6.94. The van der Waals surface area contributed by atoms with Crippen LogP contribution in [0.4, 0.5) is 0 Å². The van der Waals surface area contributed by atoms with Crippen LogP contribution in [-0.4, -0.2) is 38.2 Å². The summed E-state index contributed by atoms with van der Waals surface area (Å²) in [6, 6.07) is 1.04. The predicted octanol–water partition coefficient (Wildman–Crippen LogP) is 1.29. The maximum absolute atomic E-state index is 12.0. The van der Waals surface area contributed by atoms with E-state index in [0.29, 0.717) is 19.4 Å². The Hall–Kier alpha value is -0.960. The van der Waals surface area contributed by atoms with Crippen LogP contribution in [0.5, 0.6) is 0 Å². The Bertz CT molecular complexity index is 559. The number of nitrogens with one attached hydrogen (secondary N) is 1. The van der Waals surface area contributed by atoms with E-state index in [-0.39, 0.29) is 21.9 Å². The monoisotopic (exact) mass is 305 g/mol. The lowest BCUT2D eigenvalue weighted by molar-refractivity contribution is -0.00475. The van der Waals surface area contributed by atoms with Gasteiger partial charge in [0.05, 0.1) is 11.0 Å². The highest BCUT2D eigenvalue weighted by Gasteiger charge is 2.33. The molecular formula is C11H15NO5S2. The van der Waals surface area contributed by atoms with Gasteiger partial charge in [0.2, 0.25) is 10.0 Å². The number of hydrogen-bond acceptors (Lipinski definition) is 5. The van der Waals surface area contributed by atoms with Crippen LogP contribution in [0.1, 0.15) is 29.4 Å². The summed E-state index contributed by atoms with van der Waals surface area (Å²) < 4.78 is 31.9. The zero-order chi connectivity index (χ0) is 14.0. The quantitative estimate of drug-likeness (QED) is 0.826. The van der Waals surface area contributed by atoms with Crippen molar-refractivity contribution in [2.24, 2.45) is 0 Å². The number of rotatable bonds is 6. The molecule has 0 aliphatic heterocycles. The van der Waals surface area contributed by atoms with Crippen LogP contribution in [0.3, 0.4) is 0 Å². The van der Waals surface area contributed by atoms with E-state index >= 15 is 0 Å². The summed E-state index contributed by atoms with van der Waals surface area (Å²) in [4.78, 5) is 10.7. The topological polar surface area (TPSA) is 92.7 Å². The third-order valence-corrected chi connectivity index (χ3v) is 5.48. The van der Waals surface area contributed by atoms with Crippen molar-refractivity contribution in [2.75, 3.05) is 6.61 Å². The average Bonchev–Trinajstić information content (AvgIpc) is 2.76. The Morgan fingerprint density at radius 3 is 2.79 bits per heavy atom. The maximum Gasteiger partial charge on any atom is 0.345 e. The molecule has 0 atom stereocenters. The summed E-state index contributed by atoms with van der Waals surface area (Å²) in [5.74, 6) is -1.12. The summed E-state index contributed by atoms with van der Waals surface area (Å²) in [6.07, 6.45) is 1.43. The first-order valence-electron chi connectivity index (χ1n) is 5.88. The van der Waals surface area contributed by atoms with Gasteiger partial charge >= 0.3 is 5.97 Å². The molecule has 1 aliphatic rings. The molecule has 0 radical (unpaired) electrons. The van der Waals surface area contributed by atoms with E-state index in [1.54, 1.807) is 0 Å². The molecule has 0 saturated heterocycles. The third-order valence-electron chi connectivity index (χ3n) is 2.92. The highest BCUT2D eigenvalue weighted by Crippen LogP contribution is 2.26. The number of carbonyl (C=O) groups is 1. The van der Waals surface area contributed by atoms with Gasteiger partial charge in [-0.05, 0) is 25.8 Å². The fourth-order valence-corrected chi connectivity index (χ4v) is 4.27. The van der Waals surface area contributed by atoms with Crippen LogP contribution < -0.4 is 4.72 Å². The number of carboxylic acids is 1. The molecule has 0 bridgehead atoms. The molecule has 19 heavy (non-hydrogen) atoms. The van der Waals surface area contributed by atoms with Crippen molar-refractivity contribution < 1.29 is 23.1 Å². The molecule has 6 nitrogen and oxygen atoms in total. The predicted molar refractivity (Wildman–Crippen MR) is 70.0 cm³/mol. The standard InChI is InChI=1S/C11H15NO5S2/c1-2-17-8-3-7(4-8)12-19(15,16)9-5-10(11(13)14)18-6-9/h5-8,12H,2-4H2,1H3,(H,13,14). The zero-order valence-corrected chi connectivity index (χ0v) is 12.0. The van der Waals surface area contributed by atoms with E-state index in [2.05, 4.69) is 4.72 Å². The molecule has 0 unspecified atom stereocenters. The lowest BCUT2D eigenvalue weighted by atomic mass is 9.90. The Labute approximate surface area is 115 Å². The second-order valence-electron chi connectivity index (χ2n) is 4.32. The van der Waals surface area contributed by atoms with Crippen LogP contribution in [0, 0.1) is 0 Å². The number of aromatic carboxylic acids is 1. The van der Waals surface area contributed by atoms with Gasteiger partial charge in [0, 0.05) is 18.0 Å². The van der Waals surface area contributed by atoms with Crippen molar-refractivity contribution in [3.8, 4) is 0 Å². The van der Waals surface area contributed by atoms with Crippen LogP contribution in [0.25, 0.3) is 0 Å². The van der Waals surface area contributed by atoms with Gasteiger partial charge in [-0.25, -0.2) is 17.9 Å². The number of thiophene rings is 1. The lowest BCUT2D eigenvalue weighted by Gasteiger charge is -2.34. The molecule has 8 heteroatoms. The highest BCUT2D eigenvalue weighted by atomic mass is 32.2. The van der Waals surface area contributed by atoms with E-state index in [4.69, 9.17) is 9.84 Å². The van der Waals surface area contributed by atoms with E-state index in [9.17, 15) is 13.2 Å². The molecule has 1 aliphatic carbocycles. The molecule has 1 fully saturated rings. The summed E-state index contributed by atoms with van der Waals surface area (Å²) in [5.41, 5.74) is 0. The number of sulfonamides is 1. The van der Waals surface area contributed by atoms with Gasteiger partial charge < -0.3 is 9.84 Å². The van der Waals surface area contributed by atoms with Gasteiger partial charge in [0.1, 0.15) is 4.88 Å². The Morgan fingerprint density at radius 2 is 2.26 bits per heavy atom. The molecule has 1 aromatic rings. The van der Waals surface area contributed by atoms with Crippen molar-refractivity contribution >= 4 is 27.3 Å². The molecule has 1 aromatic heterocycles. The van der Waals surface area contributed by atoms with Gasteiger partial charge in [0.15, 0.2) is 0 Å².